The first-order valence-electron chi connectivity index (χ1n) is 11.6. The predicted octanol–water partition coefficient (Wildman–Crippen LogP) is 2.75. The number of carbonyl (C=O) groups is 2. The van der Waals surface area contributed by atoms with E-state index in [1.54, 1.807) is 17.5 Å². The van der Waals surface area contributed by atoms with E-state index in [2.05, 4.69) is 9.71 Å². The highest BCUT2D eigenvalue weighted by Gasteiger charge is 2.33. The van der Waals surface area contributed by atoms with E-state index < -0.39 is 38.5 Å². The second-order valence-electron chi connectivity index (χ2n) is 9.09. The molecule has 5 rings (SSSR count). The van der Waals surface area contributed by atoms with Crippen LogP contribution in [0.5, 0.6) is 5.75 Å². The summed E-state index contributed by atoms with van der Waals surface area (Å²) in [7, 11) is -4.07. The molecule has 0 bridgehead atoms. The Hall–Kier alpha value is -3.97. The summed E-state index contributed by atoms with van der Waals surface area (Å²) in [4.78, 5) is 41.2. The maximum Gasteiger partial charge on any atom is 0.282 e. The van der Waals surface area contributed by atoms with Gasteiger partial charge in [0.1, 0.15) is 17.3 Å². The number of hydrogen-bond acceptors (Lipinski definition) is 7. The monoisotopic (exact) mass is 558 g/mol. The second-order valence-corrected chi connectivity index (χ2v) is 12.2. The zero-order chi connectivity index (χ0) is 27.4. The van der Waals surface area contributed by atoms with Crippen molar-refractivity contribution in [2.45, 2.75) is 32.1 Å². The average molecular weight is 559 g/mol. The summed E-state index contributed by atoms with van der Waals surface area (Å²) in [5, 5.41) is 1.05. The number of benzene rings is 1. The molecule has 0 atom stereocenters. The Balaban J connectivity index is 1.87. The van der Waals surface area contributed by atoms with Gasteiger partial charge in [-0.3, -0.25) is 14.4 Å². The minimum Gasteiger partial charge on any atom is -0.492 e. The first kappa shape index (κ1) is 25.7. The van der Waals surface area contributed by atoms with Crippen molar-refractivity contribution in [2.24, 2.45) is 5.73 Å². The SMILES string of the molecule is CC(C)S(=O)(=O)NC(=O)c1c(-c2ccc[nH]c2=O)c2c3c(c(F)cc2n1Cc1csc(C(N)=O)c1)CCO3. The van der Waals surface area contributed by atoms with Crippen LogP contribution >= 0.6 is 11.3 Å². The lowest BCUT2D eigenvalue weighted by atomic mass is 10.00. The van der Waals surface area contributed by atoms with Gasteiger partial charge in [0.25, 0.3) is 17.4 Å². The summed E-state index contributed by atoms with van der Waals surface area (Å²) in [6.07, 6.45) is 1.72. The molecule has 0 radical (unpaired) electrons. The average Bonchev–Trinajstić information content (AvgIpc) is 3.58. The van der Waals surface area contributed by atoms with E-state index in [-0.39, 0.29) is 46.1 Å². The van der Waals surface area contributed by atoms with E-state index >= 15 is 4.39 Å². The number of aromatic nitrogens is 2. The maximum atomic E-state index is 15.2. The van der Waals surface area contributed by atoms with Crippen LogP contribution in [-0.4, -0.2) is 41.6 Å². The van der Waals surface area contributed by atoms with Crippen LogP contribution in [0.25, 0.3) is 22.0 Å². The summed E-state index contributed by atoms with van der Waals surface area (Å²) in [5.74, 6) is -1.98. The van der Waals surface area contributed by atoms with Gasteiger partial charge in [0, 0.05) is 30.3 Å². The van der Waals surface area contributed by atoms with Crippen molar-refractivity contribution in [3.63, 3.8) is 0 Å². The number of halogens is 1. The van der Waals surface area contributed by atoms with Gasteiger partial charge in [-0.25, -0.2) is 17.5 Å². The molecule has 4 aromatic rings. The fraction of sp³-hybridized carbons (Fsp3) is 0.240. The third kappa shape index (κ3) is 4.27. The van der Waals surface area contributed by atoms with Crippen molar-refractivity contribution in [3.8, 4) is 16.9 Å². The number of H-pyrrole nitrogens is 1. The van der Waals surface area contributed by atoms with Gasteiger partial charge in [-0.1, -0.05) is 0 Å². The third-order valence-corrected chi connectivity index (χ3v) is 9.06. The Morgan fingerprint density at radius 2 is 2.08 bits per heavy atom. The van der Waals surface area contributed by atoms with Crippen LogP contribution in [0.15, 0.2) is 40.6 Å². The molecule has 10 nitrogen and oxygen atoms in total. The highest BCUT2D eigenvalue weighted by Crippen LogP contribution is 2.44. The number of primary amides is 1. The van der Waals surface area contributed by atoms with Crippen LogP contribution in [0.2, 0.25) is 0 Å². The Morgan fingerprint density at radius 1 is 1.32 bits per heavy atom. The van der Waals surface area contributed by atoms with Crippen LogP contribution in [0.3, 0.4) is 0 Å². The second kappa shape index (κ2) is 9.40. The molecule has 0 spiro atoms. The number of pyridine rings is 1. The molecule has 1 aliphatic heterocycles. The van der Waals surface area contributed by atoms with Gasteiger partial charge in [-0.2, -0.15) is 0 Å². The fourth-order valence-electron chi connectivity index (χ4n) is 4.48. The number of nitrogens with one attached hydrogen (secondary N) is 2. The normalized spacial score (nSPS) is 13.1. The number of fused-ring (bicyclic) bond motifs is 3. The number of sulfonamides is 1. The number of rotatable bonds is 7. The molecular formula is C25H23FN4O6S2. The quantitative estimate of drug-likeness (QED) is 0.317. The molecule has 0 saturated heterocycles. The molecule has 4 heterocycles. The lowest BCUT2D eigenvalue weighted by Crippen LogP contribution is -2.37. The number of thiophene rings is 1. The van der Waals surface area contributed by atoms with Gasteiger partial charge >= 0.3 is 0 Å². The summed E-state index contributed by atoms with van der Waals surface area (Å²) in [5.41, 5.74) is 5.98. The Morgan fingerprint density at radius 3 is 2.74 bits per heavy atom. The number of ether oxygens (including phenoxy) is 1. The minimum atomic E-state index is -4.07. The van der Waals surface area contributed by atoms with Crippen molar-refractivity contribution in [3.05, 3.63) is 73.7 Å². The molecule has 0 saturated carbocycles. The molecule has 1 aliphatic rings. The molecule has 4 N–H and O–H groups in total. The summed E-state index contributed by atoms with van der Waals surface area (Å²) < 4.78 is 49.9. The van der Waals surface area contributed by atoms with Crippen molar-refractivity contribution >= 4 is 44.1 Å². The fourth-order valence-corrected chi connectivity index (χ4v) is 5.82. The first-order valence-corrected chi connectivity index (χ1v) is 14.0. The molecule has 2 amide bonds. The van der Waals surface area contributed by atoms with E-state index in [0.717, 1.165) is 11.3 Å². The topological polar surface area (TPSA) is 153 Å². The Bertz CT molecular complexity index is 1790. The highest BCUT2D eigenvalue weighted by molar-refractivity contribution is 7.90. The van der Waals surface area contributed by atoms with Gasteiger partial charge in [0.15, 0.2) is 0 Å². The summed E-state index contributed by atoms with van der Waals surface area (Å²) >= 11 is 1.10. The molecule has 0 unspecified atom stereocenters. The van der Waals surface area contributed by atoms with E-state index in [4.69, 9.17) is 10.5 Å². The van der Waals surface area contributed by atoms with Crippen LogP contribution < -0.4 is 20.8 Å². The van der Waals surface area contributed by atoms with E-state index in [9.17, 15) is 22.8 Å². The molecular weight excluding hydrogens is 535 g/mol. The number of nitrogens with two attached hydrogens (primary N) is 1. The number of nitrogens with zero attached hydrogens (tertiary/aromatic N) is 1. The Labute approximate surface area is 220 Å². The molecule has 1 aromatic carbocycles. The van der Waals surface area contributed by atoms with Crippen molar-refractivity contribution < 1.29 is 27.1 Å². The molecule has 38 heavy (non-hydrogen) atoms. The van der Waals surface area contributed by atoms with Crippen molar-refractivity contribution in [2.75, 3.05) is 6.61 Å². The summed E-state index contributed by atoms with van der Waals surface area (Å²) in [6.45, 7) is 2.99. The predicted molar refractivity (Wildman–Crippen MR) is 141 cm³/mol. The molecule has 0 fully saturated rings. The molecule has 13 heteroatoms. The van der Waals surface area contributed by atoms with Gasteiger partial charge in [-0.15, -0.1) is 11.3 Å². The standard InChI is InChI=1S/C25H23FN4O6S2/c1-12(2)38(34,35)29-25(33)21-19(15-4-3-6-28-24(15)32)20-17(9-16(26)14-5-7-36-22(14)20)30(21)10-13-8-18(23(27)31)37-11-13/h3-4,6,8-9,11-12H,5,7,10H2,1-2H3,(H2,27,31)(H,28,32)(H,29,33). The number of amides is 2. The Kier molecular flexibility index (Phi) is 6.35. The zero-order valence-electron chi connectivity index (χ0n) is 20.3. The van der Waals surface area contributed by atoms with Crippen LogP contribution in [0.4, 0.5) is 4.39 Å². The number of hydrogen-bond donors (Lipinski definition) is 3. The molecule has 3 aromatic heterocycles. The van der Waals surface area contributed by atoms with Crippen LogP contribution in [0.1, 0.15) is 45.1 Å². The van der Waals surface area contributed by atoms with Crippen molar-refractivity contribution in [1.82, 2.24) is 14.3 Å². The van der Waals surface area contributed by atoms with Crippen molar-refractivity contribution in [1.29, 1.82) is 0 Å². The van der Waals surface area contributed by atoms with E-state index in [1.807, 2.05) is 0 Å². The highest BCUT2D eigenvalue weighted by atomic mass is 32.2. The minimum absolute atomic E-state index is 0.0479. The smallest absolute Gasteiger partial charge is 0.282 e. The number of carbonyl (C=O) groups excluding carboxylic acids is 2. The van der Waals surface area contributed by atoms with Gasteiger partial charge in [-0.05, 0) is 49.1 Å². The largest absolute Gasteiger partial charge is 0.492 e. The van der Waals surface area contributed by atoms with Gasteiger partial charge in [0.05, 0.1) is 33.2 Å². The van der Waals surface area contributed by atoms with E-state index in [1.165, 1.54) is 36.7 Å². The lowest BCUT2D eigenvalue weighted by molar-refractivity contribution is 0.0971. The van der Waals surface area contributed by atoms with Crippen LogP contribution in [-0.2, 0) is 23.0 Å². The maximum absolute atomic E-state index is 15.2. The molecule has 0 aliphatic carbocycles. The van der Waals surface area contributed by atoms with Gasteiger partial charge in [0.2, 0.25) is 10.0 Å². The zero-order valence-corrected chi connectivity index (χ0v) is 22.0. The first-order chi connectivity index (χ1) is 18.0. The molecule has 198 valence electrons. The number of aromatic amines is 1. The van der Waals surface area contributed by atoms with Gasteiger partial charge < -0.3 is 20.0 Å². The third-order valence-electron chi connectivity index (χ3n) is 6.35. The lowest BCUT2D eigenvalue weighted by Gasteiger charge is -2.14. The van der Waals surface area contributed by atoms with E-state index in [0.29, 0.717) is 22.9 Å². The summed E-state index contributed by atoms with van der Waals surface area (Å²) in [6, 6.07) is 5.85. The van der Waals surface area contributed by atoms with Crippen LogP contribution in [0, 0.1) is 5.82 Å².